The number of esters is 2. The highest BCUT2D eigenvalue weighted by molar-refractivity contribution is 7.46. The van der Waals surface area contributed by atoms with E-state index < -0.39 is 32.5 Å². The summed E-state index contributed by atoms with van der Waals surface area (Å²) in [5.41, 5.74) is 0. The van der Waals surface area contributed by atoms with Crippen LogP contribution in [-0.4, -0.2) is 41.0 Å². The molecule has 0 aliphatic heterocycles. The van der Waals surface area contributed by atoms with Crippen LogP contribution in [0, 0.1) is 0 Å². The highest BCUT2D eigenvalue weighted by atomic mass is 31.2. The summed E-state index contributed by atoms with van der Waals surface area (Å²) in [7, 11) is -4.77. The van der Waals surface area contributed by atoms with Gasteiger partial charge in [0.1, 0.15) is 6.61 Å². The molecule has 1 atom stereocenters. The van der Waals surface area contributed by atoms with Crippen LogP contribution in [0.25, 0.3) is 0 Å². The van der Waals surface area contributed by atoms with E-state index >= 15 is 0 Å². The third-order valence-electron chi connectivity index (χ3n) is 8.01. The molecule has 8 nitrogen and oxygen atoms in total. The summed E-state index contributed by atoms with van der Waals surface area (Å²) >= 11 is 0. The summed E-state index contributed by atoms with van der Waals surface area (Å²) in [6.07, 6.45) is 45.1. The molecule has 0 aliphatic carbocycles. The Morgan fingerprint density at radius 2 is 0.940 bits per heavy atom. The van der Waals surface area contributed by atoms with Gasteiger partial charge in [-0.2, -0.15) is 0 Å². The molecule has 0 aromatic heterocycles. The van der Waals surface area contributed by atoms with Gasteiger partial charge in [-0.1, -0.05) is 145 Å². The molecule has 0 heterocycles. The van der Waals surface area contributed by atoms with Gasteiger partial charge in [-0.15, -0.1) is 0 Å². The Labute approximate surface area is 305 Å². The SMILES string of the molecule is CCCC/C=C/CCCCCCCCCCCC(=O)O[C@H](COC(=O)CCC/C=C/C/C=C/C/C=C/C/C=C/CCCCC)COP(=O)(O)O. The molecule has 0 spiro atoms. The van der Waals surface area contributed by atoms with E-state index in [-0.39, 0.29) is 19.4 Å². The van der Waals surface area contributed by atoms with Gasteiger partial charge >= 0.3 is 19.8 Å². The zero-order valence-electron chi connectivity index (χ0n) is 31.5. The van der Waals surface area contributed by atoms with Crippen LogP contribution >= 0.6 is 7.82 Å². The molecule has 0 radical (unpaired) electrons. The lowest BCUT2D eigenvalue weighted by Gasteiger charge is -2.18. The number of ether oxygens (including phenoxy) is 2. The van der Waals surface area contributed by atoms with Crippen molar-refractivity contribution in [2.75, 3.05) is 13.2 Å². The zero-order chi connectivity index (χ0) is 36.8. The van der Waals surface area contributed by atoms with Crippen LogP contribution in [0.4, 0.5) is 0 Å². The Morgan fingerprint density at radius 3 is 1.48 bits per heavy atom. The highest BCUT2D eigenvalue weighted by Gasteiger charge is 2.22. The van der Waals surface area contributed by atoms with Gasteiger partial charge in [0, 0.05) is 12.8 Å². The number of phosphoric ester groups is 1. The van der Waals surface area contributed by atoms with Crippen LogP contribution in [0.5, 0.6) is 0 Å². The molecule has 0 saturated heterocycles. The van der Waals surface area contributed by atoms with Gasteiger partial charge in [0.15, 0.2) is 6.10 Å². The molecule has 0 rings (SSSR count). The highest BCUT2D eigenvalue weighted by Crippen LogP contribution is 2.36. The zero-order valence-corrected chi connectivity index (χ0v) is 32.4. The molecule has 0 saturated carbocycles. The second-order valence-corrected chi connectivity index (χ2v) is 14.1. The van der Waals surface area contributed by atoms with E-state index in [0.717, 1.165) is 44.9 Å². The van der Waals surface area contributed by atoms with Crippen molar-refractivity contribution < 1.29 is 37.9 Å². The van der Waals surface area contributed by atoms with Gasteiger partial charge in [-0.05, 0) is 70.6 Å². The van der Waals surface area contributed by atoms with Gasteiger partial charge in [-0.25, -0.2) is 4.57 Å². The summed E-state index contributed by atoms with van der Waals surface area (Å²) in [6.45, 7) is 3.57. The van der Waals surface area contributed by atoms with E-state index in [0.29, 0.717) is 12.8 Å². The largest absolute Gasteiger partial charge is 0.469 e. The monoisotopic (exact) mass is 722 g/mol. The van der Waals surface area contributed by atoms with Crippen molar-refractivity contribution in [1.29, 1.82) is 0 Å². The summed E-state index contributed by atoms with van der Waals surface area (Å²) in [5, 5.41) is 0. The van der Waals surface area contributed by atoms with Crippen LogP contribution < -0.4 is 0 Å². The first-order valence-electron chi connectivity index (χ1n) is 19.6. The second-order valence-electron chi connectivity index (χ2n) is 12.9. The van der Waals surface area contributed by atoms with Gasteiger partial charge in [0.2, 0.25) is 0 Å². The maximum absolute atomic E-state index is 12.4. The molecule has 0 bridgehead atoms. The molecule has 0 fully saturated rings. The average Bonchev–Trinajstić information content (AvgIpc) is 3.08. The van der Waals surface area contributed by atoms with Crippen LogP contribution in [0.1, 0.15) is 168 Å². The van der Waals surface area contributed by atoms with Crippen molar-refractivity contribution in [3.8, 4) is 0 Å². The molecule has 50 heavy (non-hydrogen) atoms. The van der Waals surface area contributed by atoms with E-state index in [1.165, 1.54) is 83.5 Å². The molecule has 9 heteroatoms. The van der Waals surface area contributed by atoms with E-state index in [9.17, 15) is 14.2 Å². The number of unbranched alkanes of at least 4 members (excludes halogenated alkanes) is 15. The number of hydrogen-bond donors (Lipinski definition) is 2. The molecular formula is C41H71O8P. The Hall–Kier alpha value is -2.25. The molecular weight excluding hydrogens is 651 g/mol. The normalized spacial score (nSPS) is 13.1. The molecule has 0 aromatic rings. The smallest absolute Gasteiger partial charge is 0.462 e. The maximum Gasteiger partial charge on any atom is 0.469 e. The van der Waals surface area contributed by atoms with Gasteiger partial charge in [-0.3, -0.25) is 14.1 Å². The van der Waals surface area contributed by atoms with Crippen LogP contribution in [0.2, 0.25) is 0 Å². The van der Waals surface area contributed by atoms with Crippen molar-refractivity contribution in [1.82, 2.24) is 0 Å². The lowest BCUT2D eigenvalue weighted by Crippen LogP contribution is -2.29. The lowest BCUT2D eigenvalue weighted by atomic mass is 10.1. The Bertz CT molecular complexity index is 995. The molecule has 288 valence electrons. The summed E-state index contributed by atoms with van der Waals surface area (Å²) in [5.74, 6) is -0.956. The summed E-state index contributed by atoms with van der Waals surface area (Å²) in [6, 6.07) is 0. The average molecular weight is 723 g/mol. The van der Waals surface area contributed by atoms with Crippen molar-refractivity contribution in [2.24, 2.45) is 0 Å². The maximum atomic E-state index is 12.4. The lowest BCUT2D eigenvalue weighted by molar-refractivity contribution is -0.161. The minimum Gasteiger partial charge on any atom is -0.462 e. The number of hydrogen-bond acceptors (Lipinski definition) is 6. The van der Waals surface area contributed by atoms with E-state index in [2.05, 4.69) is 73.1 Å². The first kappa shape index (κ1) is 47.8. The number of carbonyl (C=O) groups is 2. The number of rotatable bonds is 35. The van der Waals surface area contributed by atoms with Crippen LogP contribution in [0.15, 0.2) is 60.8 Å². The first-order valence-corrected chi connectivity index (χ1v) is 21.1. The molecule has 0 aliphatic rings. The number of carbonyl (C=O) groups excluding carboxylic acids is 2. The number of phosphoric acid groups is 1. The molecule has 2 N–H and O–H groups in total. The van der Waals surface area contributed by atoms with E-state index in [4.69, 9.17) is 19.3 Å². The molecule has 0 unspecified atom stereocenters. The second kappa shape index (κ2) is 36.5. The van der Waals surface area contributed by atoms with Crippen LogP contribution in [0.3, 0.4) is 0 Å². The summed E-state index contributed by atoms with van der Waals surface area (Å²) in [4.78, 5) is 42.7. The fraction of sp³-hybridized carbons (Fsp3) is 0.707. The van der Waals surface area contributed by atoms with Crippen molar-refractivity contribution >= 4 is 19.8 Å². The predicted molar refractivity (Wildman–Crippen MR) is 207 cm³/mol. The fourth-order valence-electron chi connectivity index (χ4n) is 5.05. The molecule has 0 aromatic carbocycles. The Morgan fingerprint density at radius 1 is 0.520 bits per heavy atom. The fourth-order valence-corrected chi connectivity index (χ4v) is 5.41. The summed E-state index contributed by atoms with van der Waals surface area (Å²) < 4.78 is 26.3. The quantitative estimate of drug-likeness (QED) is 0.0287. The van der Waals surface area contributed by atoms with Crippen molar-refractivity contribution in [2.45, 2.75) is 174 Å². The predicted octanol–water partition coefficient (Wildman–Crippen LogP) is 11.7. The van der Waals surface area contributed by atoms with E-state index in [1.807, 2.05) is 6.08 Å². The van der Waals surface area contributed by atoms with Crippen molar-refractivity contribution in [3.63, 3.8) is 0 Å². The van der Waals surface area contributed by atoms with Crippen molar-refractivity contribution in [3.05, 3.63) is 60.8 Å². The minimum absolute atomic E-state index is 0.189. The molecule has 0 amide bonds. The third-order valence-corrected chi connectivity index (χ3v) is 8.49. The van der Waals surface area contributed by atoms with Crippen LogP contribution in [-0.2, 0) is 28.2 Å². The topological polar surface area (TPSA) is 119 Å². The van der Waals surface area contributed by atoms with Gasteiger partial charge in [0.05, 0.1) is 6.61 Å². The number of allylic oxidation sites excluding steroid dienone is 10. The van der Waals surface area contributed by atoms with E-state index in [1.54, 1.807) is 0 Å². The standard InChI is InChI=1S/C41H71O8P/c1-3-5-7-9-11-13-15-17-19-20-22-23-25-27-29-31-33-35-40(42)47-37-39(38-48-50(44,45)46)49-41(43)36-34-32-30-28-26-24-21-18-16-14-12-10-8-6-4-2/h10-13,17,19,22-23,27,29,39H,3-9,14-16,18,20-21,24-26,28,30-38H2,1-2H3,(H2,44,45,46)/b12-10+,13-11+,19-17+,23-22+,29-27+/t39-/m1/s1. The van der Waals surface area contributed by atoms with Gasteiger partial charge < -0.3 is 19.3 Å². The Balaban J connectivity index is 4.06. The minimum atomic E-state index is -4.77. The van der Waals surface area contributed by atoms with Gasteiger partial charge in [0.25, 0.3) is 0 Å². The third kappa shape index (κ3) is 38.6. The first-order chi connectivity index (χ1) is 24.3. The Kier molecular flexibility index (Phi) is 34.9.